The molecule has 0 bridgehead atoms. The van der Waals surface area contributed by atoms with E-state index in [2.05, 4.69) is 4.98 Å². The smallest absolute Gasteiger partial charge is 0.280 e. The van der Waals surface area contributed by atoms with Crippen LogP contribution in [0.3, 0.4) is 0 Å². The summed E-state index contributed by atoms with van der Waals surface area (Å²) in [5.41, 5.74) is 5.62. The largest absolute Gasteiger partial charge is 0.383 e. The zero-order valence-electron chi connectivity index (χ0n) is 6.31. The predicted octanol–water partition coefficient (Wildman–Crippen LogP) is 2.51. The molecule has 0 radical (unpaired) electrons. The fourth-order valence-electron chi connectivity index (χ4n) is 0.830. The fraction of sp³-hybridized carbons (Fsp3) is 0.286. The van der Waals surface area contributed by atoms with Crippen LogP contribution in [0, 0.1) is 10.5 Å². The summed E-state index contributed by atoms with van der Waals surface area (Å²) in [7, 11) is 0. The van der Waals surface area contributed by atoms with Crippen LogP contribution < -0.4 is 5.73 Å². The van der Waals surface area contributed by atoms with Crippen molar-refractivity contribution in [2.24, 2.45) is 0 Å². The molecular weight excluding hydrogens is 277 g/mol. The summed E-state index contributed by atoms with van der Waals surface area (Å²) in [5, 5.41) is 0. The van der Waals surface area contributed by atoms with E-state index in [1.807, 2.05) is 22.6 Å². The third-order valence-electron chi connectivity index (χ3n) is 1.44. The lowest BCUT2D eigenvalue weighted by Gasteiger charge is -2.05. The van der Waals surface area contributed by atoms with E-state index in [9.17, 15) is 8.78 Å². The normalized spacial score (nSPS) is 10.8. The fourth-order valence-corrected chi connectivity index (χ4v) is 1.42. The third-order valence-corrected chi connectivity index (χ3v) is 2.30. The Balaban J connectivity index is 3.23. The Labute approximate surface area is 82.3 Å². The first kappa shape index (κ1) is 9.63. The topological polar surface area (TPSA) is 38.9 Å². The van der Waals surface area contributed by atoms with Gasteiger partial charge in [0.05, 0.1) is 3.57 Å². The standard InChI is InChI=1S/C7H7F2IN2/c1-3-2-4(10)7(11)12-5(3)6(8)9/h2,6H,1H3,(H2,11,12). The number of anilines is 1. The van der Waals surface area contributed by atoms with Gasteiger partial charge in [0.1, 0.15) is 11.5 Å². The molecule has 0 aromatic carbocycles. The molecular formula is C7H7F2IN2. The summed E-state index contributed by atoms with van der Waals surface area (Å²) in [6, 6.07) is 1.60. The maximum atomic E-state index is 12.2. The van der Waals surface area contributed by atoms with Crippen LogP contribution in [0.2, 0.25) is 0 Å². The van der Waals surface area contributed by atoms with Gasteiger partial charge in [-0.25, -0.2) is 13.8 Å². The van der Waals surface area contributed by atoms with Crippen molar-refractivity contribution < 1.29 is 8.78 Å². The Bertz CT molecular complexity index is 302. The molecule has 0 aliphatic heterocycles. The van der Waals surface area contributed by atoms with Crippen molar-refractivity contribution in [3.8, 4) is 0 Å². The second-order valence-electron chi connectivity index (χ2n) is 2.36. The molecule has 0 aliphatic carbocycles. The zero-order chi connectivity index (χ0) is 9.30. The van der Waals surface area contributed by atoms with Gasteiger partial charge in [-0.2, -0.15) is 0 Å². The monoisotopic (exact) mass is 284 g/mol. The molecule has 1 heterocycles. The van der Waals surface area contributed by atoms with Crippen LogP contribution in [0.1, 0.15) is 17.7 Å². The molecule has 0 atom stereocenters. The molecule has 2 N–H and O–H groups in total. The first-order valence-corrected chi connectivity index (χ1v) is 4.31. The summed E-state index contributed by atoms with van der Waals surface area (Å²) >= 11 is 1.96. The van der Waals surface area contributed by atoms with Crippen molar-refractivity contribution in [1.29, 1.82) is 0 Å². The third kappa shape index (κ3) is 1.82. The van der Waals surface area contributed by atoms with Crippen LogP contribution in [0.5, 0.6) is 0 Å². The van der Waals surface area contributed by atoms with Gasteiger partial charge >= 0.3 is 0 Å². The molecule has 5 heteroatoms. The molecule has 0 unspecified atom stereocenters. The number of rotatable bonds is 1. The van der Waals surface area contributed by atoms with Gasteiger partial charge in [-0.1, -0.05) is 0 Å². The van der Waals surface area contributed by atoms with E-state index in [1.54, 1.807) is 13.0 Å². The van der Waals surface area contributed by atoms with Crippen molar-refractivity contribution in [3.05, 3.63) is 20.9 Å². The molecule has 0 spiro atoms. The van der Waals surface area contributed by atoms with Crippen molar-refractivity contribution >= 4 is 28.4 Å². The van der Waals surface area contributed by atoms with Gasteiger partial charge in [0.2, 0.25) is 0 Å². The molecule has 1 rings (SSSR count). The van der Waals surface area contributed by atoms with E-state index in [1.165, 1.54) is 0 Å². The van der Waals surface area contributed by atoms with Gasteiger partial charge in [0, 0.05) is 0 Å². The lowest BCUT2D eigenvalue weighted by atomic mass is 10.2. The summed E-state index contributed by atoms with van der Waals surface area (Å²) in [6.45, 7) is 1.59. The quantitative estimate of drug-likeness (QED) is 0.805. The van der Waals surface area contributed by atoms with Gasteiger partial charge in [0.15, 0.2) is 0 Å². The maximum absolute atomic E-state index is 12.2. The van der Waals surface area contributed by atoms with E-state index in [-0.39, 0.29) is 11.5 Å². The summed E-state index contributed by atoms with van der Waals surface area (Å²) in [4.78, 5) is 3.59. The number of nitrogens with two attached hydrogens (primary N) is 1. The minimum atomic E-state index is -2.55. The highest BCUT2D eigenvalue weighted by Gasteiger charge is 2.13. The molecule has 12 heavy (non-hydrogen) atoms. The van der Waals surface area contributed by atoms with Crippen molar-refractivity contribution in [2.75, 3.05) is 5.73 Å². The lowest BCUT2D eigenvalue weighted by Crippen LogP contribution is -2.01. The van der Waals surface area contributed by atoms with Crippen molar-refractivity contribution in [1.82, 2.24) is 4.98 Å². The second kappa shape index (κ2) is 3.51. The van der Waals surface area contributed by atoms with E-state index in [4.69, 9.17) is 5.73 Å². The van der Waals surface area contributed by atoms with E-state index < -0.39 is 6.43 Å². The maximum Gasteiger partial charge on any atom is 0.280 e. The number of pyridine rings is 1. The number of aryl methyl sites for hydroxylation is 1. The molecule has 0 fully saturated rings. The molecule has 2 nitrogen and oxygen atoms in total. The van der Waals surface area contributed by atoms with E-state index in [0.29, 0.717) is 9.13 Å². The van der Waals surface area contributed by atoms with Crippen molar-refractivity contribution in [3.63, 3.8) is 0 Å². The molecule has 0 aliphatic rings. The SMILES string of the molecule is Cc1cc(I)c(N)nc1C(F)F. The zero-order valence-corrected chi connectivity index (χ0v) is 8.47. The van der Waals surface area contributed by atoms with Gasteiger partial charge in [-0.15, -0.1) is 0 Å². The van der Waals surface area contributed by atoms with Crippen LogP contribution in [-0.4, -0.2) is 4.98 Å². The van der Waals surface area contributed by atoms with E-state index >= 15 is 0 Å². The molecule has 0 saturated carbocycles. The average molecular weight is 284 g/mol. The number of alkyl halides is 2. The minimum absolute atomic E-state index is 0.163. The highest BCUT2D eigenvalue weighted by Crippen LogP contribution is 2.24. The summed E-state index contributed by atoms with van der Waals surface area (Å²) in [6.07, 6.45) is -2.55. The second-order valence-corrected chi connectivity index (χ2v) is 3.52. The van der Waals surface area contributed by atoms with Crippen LogP contribution in [0.25, 0.3) is 0 Å². The number of aromatic nitrogens is 1. The Kier molecular flexibility index (Phi) is 2.81. The first-order chi connectivity index (χ1) is 5.52. The van der Waals surface area contributed by atoms with Crippen molar-refractivity contribution in [2.45, 2.75) is 13.3 Å². The summed E-state index contributed by atoms with van der Waals surface area (Å²) in [5.74, 6) is 0.163. The van der Waals surface area contributed by atoms with E-state index in [0.717, 1.165) is 0 Å². The number of hydrogen-bond donors (Lipinski definition) is 1. The van der Waals surface area contributed by atoms with Crippen LogP contribution in [0.4, 0.5) is 14.6 Å². The number of nitrogens with zero attached hydrogens (tertiary/aromatic N) is 1. The van der Waals surface area contributed by atoms with Crippen LogP contribution in [0.15, 0.2) is 6.07 Å². The highest BCUT2D eigenvalue weighted by atomic mass is 127. The Morgan fingerprint density at radius 1 is 1.58 bits per heavy atom. The van der Waals surface area contributed by atoms with Gasteiger partial charge in [-0.3, -0.25) is 0 Å². The number of nitrogen functional groups attached to an aromatic ring is 1. The molecule has 0 amide bonds. The lowest BCUT2D eigenvalue weighted by molar-refractivity contribution is 0.145. The highest BCUT2D eigenvalue weighted by molar-refractivity contribution is 14.1. The Morgan fingerprint density at radius 3 is 2.67 bits per heavy atom. The van der Waals surface area contributed by atoms with Gasteiger partial charge < -0.3 is 5.73 Å². The van der Waals surface area contributed by atoms with Gasteiger partial charge in [0.25, 0.3) is 6.43 Å². The van der Waals surface area contributed by atoms with Crippen LogP contribution in [-0.2, 0) is 0 Å². The average Bonchev–Trinajstić information content (AvgIpc) is 1.96. The molecule has 66 valence electrons. The minimum Gasteiger partial charge on any atom is -0.383 e. The number of hydrogen-bond acceptors (Lipinski definition) is 2. The molecule has 0 saturated heterocycles. The Morgan fingerprint density at radius 2 is 2.17 bits per heavy atom. The summed E-state index contributed by atoms with van der Waals surface area (Å²) < 4.78 is 25.1. The van der Waals surface area contributed by atoms with Crippen LogP contribution >= 0.6 is 22.6 Å². The molecule has 1 aromatic rings. The predicted molar refractivity (Wildman–Crippen MR) is 51.1 cm³/mol. The molecule has 1 aromatic heterocycles. The number of halogens is 3. The first-order valence-electron chi connectivity index (χ1n) is 3.23. The van der Waals surface area contributed by atoms with Gasteiger partial charge in [-0.05, 0) is 41.1 Å². The Hall–Kier alpha value is -0.460.